The van der Waals surface area contributed by atoms with Crippen molar-refractivity contribution in [1.82, 2.24) is 5.32 Å². The van der Waals surface area contributed by atoms with Gasteiger partial charge in [-0.05, 0) is 34.7 Å². The number of rotatable bonds is 2. The van der Waals surface area contributed by atoms with Crippen molar-refractivity contribution >= 4 is 27.6 Å². The fraction of sp³-hybridized carbons (Fsp3) is 0.562. The fourth-order valence-corrected chi connectivity index (χ4v) is 3.44. The van der Waals surface area contributed by atoms with Crippen LogP contribution >= 0.6 is 15.9 Å². The summed E-state index contributed by atoms with van der Waals surface area (Å²) in [7, 11) is 0. The van der Waals surface area contributed by atoms with Crippen molar-refractivity contribution in [3.05, 3.63) is 16.6 Å². The smallest absolute Gasteiger partial charge is 0.319 e. The Balaban J connectivity index is 1.66. The van der Waals surface area contributed by atoms with Gasteiger partial charge in [-0.25, -0.2) is 4.79 Å². The van der Waals surface area contributed by atoms with E-state index >= 15 is 0 Å². The predicted octanol–water partition coefficient (Wildman–Crippen LogP) is 3.92. The van der Waals surface area contributed by atoms with Gasteiger partial charge in [0.05, 0.1) is 5.69 Å². The van der Waals surface area contributed by atoms with Crippen molar-refractivity contribution in [3.63, 3.8) is 0 Å². The van der Waals surface area contributed by atoms with Crippen molar-refractivity contribution in [1.29, 1.82) is 0 Å². The van der Waals surface area contributed by atoms with Crippen molar-refractivity contribution < 1.29 is 14.3 Å². The Hall–Kier alpha value is -1.43. The van der Waals surface area contributed by atoms with E-state index in [2.05, 4.69) is 33.5 Å². The summed E-state index contributed by atoms with van der Waals surface area (Å²) in [5.41, 5.74) is 0.685. The number of nitrogens with one attached hydrogen (secondary N) is 2. The summed E-state index contributed by atoms with van der Waals surface area (Å²) in [4.78, 5) is 12.2. The summed E-state index contributed by atoms with van der Waals surface area (Å²) in [5, 5.41) is 5.98. The molecule has 2 aliphatic rings. The van der Waals surface area contributed by atoms with E-state index in [1.165, 1.54) is 19.3 Å². The Bertz CT molecular complexity index is 565. The average molecular weight is 369 g/mol. The minimum absolute atomic E-state index is 0.170. The highest BCUT2D eigenvalue weighted by Gasteiger charge is 2.23. The second kappa shape index (κ2) is 6.77. The fourth-order valence-electron chi connectivity index (χ4n) is 3.02. The Kier molecular flexibility index (Phi) is 4.76. The molecule has 120 valence electrons. The van der Waals surface area contributed by atoms with Crippen LogP contribution in [0.3, 0.4) is 0 Å². The zero-order valence-electron chi connectivity index (χ0n) is 12.7. The molecule has 2 amide bonds. The van der Waals surface area contributed by atoms with Gasteiger partial charge in [0.2, 0.25) is 0 Å². The van der Waals surface area contributed by atoms with Crippen LogP contribution in [0.4, 0.5) is 10.5 Å². The number of hydrogen-bond donors (Lipinski definition) is 2. The normalized spacial score (nSPS) is 23.7. The summed E-state index contributed by atoms with van der Waals surface area (Å²) in [6.45, 7) is 3.27. The molecule has 0 aromatic heterocycles. The van der Waals surface area contributed by atoms with Crippen LogP contribution in [-0.2, 0) is 0 Å². The molecule has 0 saturated heterocycles. The molecule has 1 saturated carbocycles. The Labute approximate surface area is 138 Å². The third-order valence-electron chi connectivity index (χ3n) is 4.31. The van der Waals surface area contributed by atoms with E-state index < -0.39 is 0 Å². The van der Waals surface area contributed by atoms with Crippen LogP contribution in [0.5, 0.6) is 11.5 Å². The Morgan fingerprint density at radius 2 is 1.86 bits per heavy atom. The van der Waals surface area contributed by atoms with Gasteiger partial charge in [-0.2, -0.15) is 0 Å². The molecule has 5 nitrogen and oxygen atoms in total. The topological polar surface area (TPSA) is 59.6 Å². The highest BCUT2D eigenvalue weighted by Crippen LogP contribution is 2.38. The van der Waals surface area contributed by atoms with Crippen LogP contribution in [0.1, 0.15) is 32.6 Å². The molecule has 0 spiro atoms. The molecule has 2 N–H and O–H groups in total. The van der Waals surface area contributed by atoms with Crippen molar-refractivity contribution in [2.24, 2.45) is 5.92 Å². The molecule has 1 aliphatic carbocycles. The van der Waals surface area contributed by atoms with Gasteiger partial charge in [0.15, 0.2) is 11.5 Å². The molecule has 2 atom stereocenters. The quantitative estimate of drug-likeness (QED) is 0.831. The summed E-state index contributed by atoms with van der Waals surface area (Å²) >= 11 is 3.46. The van der Waals surface area contributed by atoms with Gasteiger partial charge in [0, 0.05) is 22.6 Å². The first kappa shape index (κ1) is 15.5. The van der Waals surface area contributed by atoms with E-state index in [0.717, 1.165) is 10.9 Å². The van der Waals surface area contributed by atoms with E-state index in [0.29, 0.717) is 36.3 Å². The third kappa shape index (κ3) is 3.48. The van der Waals surface area contributed by atoms with Crippen molar-refractivity contribution in [3.8, 4) is 11.5 Å². The van der Waals surface area contributed by atoms with Crippen LogP contribution in [0.25, 0.3) is 0 Å². The maximum absolute atomic E-state index is 12.2. The minimum Gasteiger partial charge on any atom is -0.486 e. The lowest BCUT2D eigenvalue weighted by molar-refractivity contribution is 0.171. The highest BCUT2D eigenvalue weighted by molar-refractivity contribution is 9.10. The molecule has 1 heterocycles. The van der Waals surface area contributed by atoms with Gasteiger partial charge in [-0.15, -0.1) is 0 Å². The molecule has 22 heavy (non-hydrogen) atoms. The standard InChI is InChI=1S/C16H21BrN2O3/c1-10-4-2-3-5-12(10)18-16(20)19-13-9-15-14(8-11(13)17)21-6-7-22-15/h8-10,12H,2-7H2,1H3,(H2,18,19,20)/t10-,12-/m0/s1. The molecule has 1 aromatic rings. The zero-order chi connectivity index (χ0) is 15.5. The zero-order valence-corrected chi connectivity index (χ0v) is 14.2. The largest absolute Gasteiger partial charge is 0.486 e. The van der Waals surface area contributed by atoms with Crippen LogP contribution < -0.4 is 20.1 Å². The molecule has 1 fully saturated rings. The molecule has 1 aromatic carbocycles. The van der Waals surface area contributed by atoms with Crippen molar-refractivity contribution in [2.75, 3.05) is 18.5 Å². The lowest BCUT2D eigenvalue weighted by Gasteiger charge is -2.29. The van der Waals surface area contributed by atoms with E-state index in [1.807, 2.05) is 6.07 Å². The van der Waals surface area contributed by atoms with Crippen LogP contribution in [-0.4, -0.2) is 25.3 Å². The first-order valence-electron chi connectivity index (χ1n) is 7.80. The number of fused-ring (bicyclic) bond motifs is 1. The van der Waals surface area contributed by atoms with Gasteiger partial charge in [-0.1, -0.05) is 19.8 Å². The Morgan fingerprint density at radius 3 is 2.59 bits per heavy atom. The van der Waals surface area contributed by atoms with Crippen molar-refractivity contribution in [2.45, 2.75) is 38.6 Å². The van der Waals surface area contributed by atoms with Crippen LogP contribution in [0.2, 0.25) is 0 Å². The van der Waals surface area contributed by atoms with Crippen LogP contribution in [0, 0.1) is 5.92 Å². The summed E-state index contributed by atoms with van der Waals surface area (Å²) < 4.78 is 11.8. The number of anilines is 1. The molecule has 6 heteroatoms. The summed E-state index contributed by atoms with van der Waals surface area (Å²) in [6, 6.07) is 3.70. The average Bonchev–Trinajstić information content (AvgIpc) is 2.50. The lowest BCUT2D eigenvalue weighted by Crippen LogP contribution is -2.43. The second-order valence-corrected chi connectivity index (χ2v) is 6.80. The number of ether oxygens (including phenoxy) is 2. The number of carbonyl (C=O) groups is 1. The monoisotopic (exact) mass is 368 g/mol. The number of carbonyl (C=O) groups excluding carboxylic acids is 1. The number of amides is 2. The maximum atomic E-state index is 12.2. The van der Waals surface area contributed by atoms with E-state index in [9.17, 15) is 4.79 Å². The molecule has 1 aliphatic heterocycles. The van der Waals surface area contributed by atoms with E-state index in [-0.39, 0.29) is 12.1 Å². The highest BCUT2D eigenvalue weighted by atomic mass is 79.9. The van der Waals surface area contributed by atoms with Gasteiger partial charge < -0.3 is 20.1 Å². The van der Waals surface area contributed by atoms with Gasteiger partial charge in [-0.3, -0.25) is 0 Å². The van der Waals surface area contributed by atoms with Gasteiger partial charge in [0.25, 0.3) is 0 Å². The number of benzene rings is 1. The SMILES string of the molecule is C[C@H]1CCCC[C@@H]1NC(=O)Nc1cc2c(cc1Br)OCCO2. The number of halogens is 1. The number of hydrogen-bond acceptors (Lipinski definition) is 3. The minimum atomic E-state index is -0.170. The second-order valence-electron chi connectivity index (χ2n) is 5.94. The van der Waals surface area contributed by atoms with Gasteiger partial charge >= 0.3 is 6.03 Å². The molecule has 0 unspecified atom stereocenters. The lowest BCUT2D eigenvalue weighted by atomic mass is 9.86. The van der Waals surface area contributed by atoms with E-state index in [4.69, 9.17) is 9.47 Å². The molecule has 3 rings (SSSR count). The maximum Gasteiger partial charge on any atom is 0.319 e. The Morgan fingerprint density at radius 1 is 1.18 bits per heavy atom. The molecular weight excluding hydrogens is 348 g/mol. The molecule has 0 bridgehead atoms. The third-order valence-corrected chi connectivity index (χ3v) is 4.96. The first-order chi connectivity index (χ1) is 10.6. The summed E-state index contributed by atoms with van der Waals surface area (Å²) in [6.07, 6.45) is 4.67. The molecular formula is C16H21BrN2O3. The summed E-state index contributed by atoms with van der Waals surface area (Å²) in [5.74, 6) is 1.89. The first-order valence-corrected chi connectivity index (χ1v) is 8.59. The number of urea groups is 1. The van der Waals surface area contributed by atoms with Gasteiger partial charge in [0.1, 0.15) is 13.2 Å². The van der Waals surface area contributed by atoms with E-state index in [1.54, 1.807) is 6.07 Å². The molecule has 0 radical (unpaired) electrons. The predicted molar refractivity (Wildman–Crippen MR) is 88.7 cm³/mol. The van der Waals surface area contributed by atoms with Crippen LogP contribution in [0.15, 0.2) is 16.6 Å².